The van der Waals surface area contributed by atoms with Gasteiger partial charge >= 0.3 is 5.97 Å². The molecule has 8 heteroatoms. The SMILES string of the molecule is COC(=O)c1cc(S(N)(=O)=N[Si](C)(C)C(C)(C)C)oc1C. The van der Waals surface area contributed by atoms with Gasteiger partial charge in [-0.15, -0.1) is 0 Å². The lowest BCUT2D eigenvalue weighted by molar-refractivity contribution is 0.0599. The van der Waals surface area contributed by atoms with Crippen LogP contribution in [0.25, 0.3) is 0 Å². The summed E-state index contributed by atoms with van der Waals surface area (Å²) in [5, 5.41) is 5.82. The summed E-state index contributed by atoms with van der Waals surface area (Å²) in [4.78, 5) is 11.6. The van der Waals surface area contributed by atoms with Gasteiger partial charge in [0.2, 0.25) is 5.09 Å². The second-order valence-electron chi connectivity index (χ2n) is 6.50. The number of hydrogen-bond acceptors (Lipinski definition) is 5. The summed E-state index contributed by atoms with van der Waals surface area (Å²) < 4.78 is 27.2. The third-order valence-electron chi connectivity index (χ3n) is 3.79. The fourth-order valence-electron chi connectivity index (χ4n) is 1.43. The molecule has 0 saturated heterocycles. The standard InChI is InChI=1S/C13H24N2O4SSi/c1-9-10(12(16)18-5)8-11(19-9)20(14,17)15-21(6,7)13(2,3)4/h8H,1-7H3,(H2,14,15,17). The van der Waals surface area contributed by atoms with Crippen LogP contribution in [-0.2, 0) is 14.7 Å². The summed E-state index contributed by atoms with van der Waals surface area (Å²) in [6.07, 6.45) is 0. The molecule has 21 heavy (non-hydrogen) atoms. The maximum absolute atomic E-state index is 12.7. The summed E-state index contributed by atoms with van der Waals surface area (Å²) in [6, 6.07) is 1.36. The molecule has 6 nitrogen and oxygen atoms in total. The van der Waals surface area contributed by atoms with Crippen LogP contribution in [0.15, 0.2) is 19.6 Å². The van der Waals surface area contributed by atoms with Crippen molar-refractivity contribution in [1.29, 1.82) is 0 Å². The predicted molar refractivity (Wildman–Crippen MR) is 85.0 cm³/mol. The Labute approximate surface area is 127 Å². The Balaban J connectivity index is 3.39. The maximum atomic E-state index is 12.7. The summed E-state index contributed by atoms with van der Waals surface area (Å²) >= 11 is 0. The van der Waals surface area contributed by atoms with E-state index in [0.717, 1.165) is 0 Å². The molecule has 1 aromatic rings. The molecule has 1 heterocycles. The molecule has 0 fully saturated rings. The smallest absolute Gasteiger partial charge is 0.341 e. The Kier molecular flexibility index (Phi) is 4.76. The van der Waals surface area contributed by atoms with Crippen molar-refractivity contribution in [3.05, 3.63) is 17.4 Å². The lowest BCUT2D eigenvalue weighted by Crippen LogP contribution is -2.37. The van der Waals surface area contributed by atoms with Crippen LogP contribution in [0.5, 0.6) is 0 Å². The van der Waals surface area contributed by atoms with Gasteiger partial charge in [0.15, 0.2) is 18.2 Å². The van der Waals surface area contributed by atoms with Crippen molar-refractivity contribution in [3.8, 4) is 0 Å². The first-order valence-corrected chi connectivity index (χ1v) is 11.1. The molecule has 1 atom stereocenters. The first-order valence-electron chi connectivity index (χ1n) is 6.56. The van der Waals surface area contributed by atoms with E-state index < -0.39 is 24.1 Å². The van der Waals surface area contributed by atoms with Crippen LogP contribution < -0.4 is 5.14 Å². The molecule has 1 rings (SSSR count). The van der Waals surface area contributed by atoms with Crippen molar-refractivity contribution >= 4 is 24.1 Å². The van der Waals surface area contributed by atoms with E-state index in [-0.39, 0.29) is 15.7 Å². The summed E-state index contributed by atoms with van der Waals surface area (Å²) in [5.74, 6) is -0.231. The topological polar surface area (TPSA) is 94.9 Å². The minimum atomic E-state index is -3.18. The lowest BCUT2D eigenvalue weighted by atomic mass is 10.2. The summed E-state index contributed by atoms with van der Waals surface area (Å²) in [5.41, 5.74) is 0.219. The van der Waals surface area contributed by atoms with Crippen molar-refractivity contribution in [3.63, 3.8) is 0 Å². The molecule has 0 aliphatic carbocycles. The van der Waals surface area contributed by atoms with Crippen LogP contribution in [-0.4, -0.2) is 25.5 Å². The predicted octanol–water partition coefficient (Wildman–Crippen LogP) is 3.08. The normalized spacial score (nSPS) is 15.4. The zero-order valence-electron chi connectivity index (χ0n) is 13.6. The number of aryl methyl sites for hydroxylation is 1. The van der Waals surface area contributed by atoms with E-state index in [1.54, 1.807) is 6.92 Å². The Morgan fingerprint density at radius 2 is 1.95 bits per heavy atom. The Bertz CT molecular complexity index is 664. The molecule has 0 saturated carbocycles. The van der Waals surface area contributed by atoms with Crippen molar-refractivity contribution in [1.82, 2.24) is 0 Å². The molecule has 120 valence electrons. The first-order chi connectivity index (χ1) is 9.32. The van der Waals surface area contributed by atoms with Crippen LogP contribution >= 0.6 is 0 Å². The van der Waals surface area contributed by atoms with E-state index in [2.05, 4.69) is 8.77 Å². The molecular formula is C13H24N2O4SSi. The van der Waals surface area contributed by atoms with E-state index in [9.17, 15) is 9.00 Å². The Hall–Kier alpha value is -1.12. The van der Waals surface area contributed by atoms with E-state index in [4.69, 9.17) is 9.56 Å². The van der Waals surface area contributed by atoms with E-state index in [1.807, 2.05) is 33.9 Å². The number of carbonyl (C=O) groups excluding carboxylic acids is 1. The molecule has 0 aromatic carbocycles. The number of hydrogen-bond donors (Lipinski definition) is 1. The number of carbonyl (C=O) groups is 1. The molecule has 0 spiro atoms. The quantitative estimate of drug-likeness (QED) is 0.679. The van der Waals surface area contributed by atoms with Crippen molar-refractivity contribution in [2.75, 3.05) is 7.11 Å². The van der Waals surface area contributed by atoms with Crippen LogP contribution in [0, 0.1) is 6.92 Å². The average Bonchev–Trinajstić information content (AvgIpc) is 2.68. The number of esters is 1. The molecule has 0 aliphatic rings. The van der Waals surface area contributed by atoms with Gasteiger partial charge in [0.05, 0.1) is 7.11 Å². The first kappa shape index (κ1) is 17.9. The Morgan fingerprint density at radius 3 is 2.38 bits per heavy atom. The van der Waals surface area contributed by atoms with Gasteiger partial charge < -0.3 is 9.15 Å². The molecule has 1 aromatic heterocycles. The lowest BCUT2D eigenvalue weighted by Gasteiger charge is -2.32. The maximum Gasteiger partial charge on any atom is 0.341 e. The minimum Gasteiger partial charge on any atom is -0.465 e. The van der Waals surface area contributed by atoms with Gasteiger partial charge in [-0.25, -0.2) is 14.1 Å². The number of nitrogens with two attached hydrogens (primary N) is 1. The van der Waals surface area contributed by atoms with E-state index >= 15 is 0 Å². The molecular weight excluding hydrogens is 308 g/mol. The highest BCUT2D eigenvalue weighted by Gasteiger charge is 2.38. The van der Waals surface area contributed by atoms with Gasteiger partial charge in [-0.1, -0.05) is 20.8 Å². The monoisotopic (exact) mass is 332 g/mol. The fourth-order valence-corrected chi connectivity index (χ4v) is 6.13. The summed E-state index contributed by atoms with van der Waals surface area (Å²) in [7, 11) is -4.13. The third kappa shape index (κ3) is 3.75. The van der Waals surface area contributed by atoms with Gasteiger partial charge in [0, 0.05) is 6.07 Å². The van der Waals surface area contributed by atoms with Crippen molar-refractivity contribution in [2.24, 2.45) is 9.17 Å². The molecule has 0 amide bonds. The molecule has 0 radical (unpaired) electrons. The molecule has 1 unspecified atom stereocenters. The van der Waals surface area contributed by atoms with Gasteiger partial charge in [-0.2, -0.15) is 0 Å². The van der Waals surface area contributed by atoms with Gasteiger partial charge in [-0.3, -0.25) is 4.03 Å². The highest BCUT2D eigenvalue weighted by atomic mass is 32.2. The number of nitrogens with zero attached hydrogens (tertiary/aromatic N) is 1. The van der Waals surface area contributed by atoms with Gasteiger partial charge in [0.25, 0.3) is 0 Å². The highest BCUT2D eigenvalue weighted by Crippen LogP contribution is 2.38. The largest absolute Gasteiger partial charge is 0.465 e. The van der Waals surface area contributed by atoms with Crippen LogP contribution in [0.1, 0.15) is 36.9 Å². The molecule has 0 bridgehead atoms. The number of methoxy groups -OCH3 is 1. The van der Waals surface area contributed by atoms with E-state index in [0.29, 0.717) is 5.76 Å². The summed E-state index contributed by atoms with van der Waals surface area (Å²) in [6.45, 7) is 11.7. The molecule has 2 N–H and O–H groups in total. The number of furan rings is 1. The third-order valence-corrected chi connectivity index (χ3v) is 11.1. The number of rotatable bonds is 3. The van der Waals surface area contributed by atoms with E-state index in [1.165, 1.54) is 13.2 Å². The Morgan fingerprint density at radius 1 is 1.43 bits per heavy atom. The van der Waals surface area contributed by atoms with Gasteiger partial charge in [-0.05, 0) is 25.1 Å². The average molecular weight is 332 g/mol. The highest BCUT2D eigenvalue weighted by molar-refractivity contribution is 7.92. The zero-order valence-corrected chi connectivity index (χ0v) is 15.5. The van der Waals surface area contributed by atoms with Crippen LogP contribution in [0.2, 0.25) is 18.1 Å². The van der Waals surface area contributed by atoms with Crippen LogP contribution in [0.4, 0.5) is 0 Å². The zero-order chi connectivity index (χ0) is 16.6. The molecule has 0 aliphatic heterocycles. The second kappa shape index (κ2) is 5.58. The van der Waals surface area contributed by atoms with Crippen molar-refractivity contribution in [2.45, 2.75) is 50.9 Å². The van der Waals surface area contributed by atoms with Crippen LogP contribution in [0.3, 0.4) is 0 Å². The number of ether oxygens (including phenoxy) is 1. The van der Waals surface area contributed by atoms with Crippen molar-refractivity contribution < 1.29 is 18.2 Å². The second-order valence-corrected chi connectivity index (χ2v) is 13.4. The fraction of sp³-hybridized carbons (Fsp3) is 0.615. The minimum absolute atomic E-state index is 0.0187. The van der Waals surface area contributed by atoms with Gasteiger partial charge in [0.1, 0.15) is 11.3 Å².